The zero-order valence-electron chi connectivity index (χ0n) is 8.49. The van der Waals surface area contributed by atoms with Crippen molar-refractivity contribution >= 4 is 46.7 Å². The lowest BCUT2D eigenvalue weighted by atomic mass is 9.83. The van der Waals surface area contributed by atoms with Gasteiger partial charge >= 0.3 is 11.9 Å². The molecule has 0 spiro atoms. The number of carboxylic acid groups (broad SMARTS) is 2. The molecule has 0 aromatic rings. The molecule has 0 radical (unpaired) electrons. The van der Waals surface area contributed by atoms with Gasteiger partial charge < -0.3 is 15.3 Å². The van der Waals surface area contributed by atoms with Crippen LogP contribution in [0, 0.1) is 5.41 Å². The fraction of sp³-hybridized carbons (Fsp3) is 0.750. The van der Waals surface area contributed by atoms with Crippen LogP contribution < -0.4 is 0 Å². The second-order valence-corrected chi connectivity index (χ2v) is 4.89. The van der Waals surface area contributed by atoms with Gasteiger partial charge in [-0.1, -0.05) is 41.7 Å². The third-order valence-electron chi connectivity index (χ3n) is 1.92. The number of aliphatic carboxylic acids is 2. The summed E-state index contributed by atoms with van der Waals surface area (Å²) in [5.41, 5.74) is -1.52. The second kappa shape index (κ2) is 8.87. The Morgan fingerprint density at radius 1 is 1.25 bits per heavy atom. The fourth-order valence-electron chi connectivity index (χ4n) is 0.877. The monoisotopic (exact) mass is 294 g/mol. The molecule has 16 heavy (non-hydrogen) atoms. The fourth-order valence-corrected chi connectivity index (χ4v) is 0.877. The van der Waals surface area contributed by atoms with E-state index in [0.717, 1.165) is 0 Å². The molecule has 0 heterocycles. The molecule has 0 bridgehead atoms. The molecule has 1 unspecified atom stereocenters. The van der Waals surface area contributed by atoms with Crippen LogP contribution in [0.25, 0.3) is 0 Å². The van der Waals surface area contributed by atoms with E-state index >= 15 is 0 Å². The molecule has 0 aromatic carbocycles. The van der Waals surface area contributed by atoms with Crippen molar-refractivity contribution in [2.75, 3.05) is 6.61 Å². The van der Waals surface area contributed by atoms with E-state index in [1.165, 1.54) is 6.92 Å². The molecule has 0 aliphatic heterocycles. The summed E-state index contributed by atoms with van der Waals surface area (Å²) in [6.07, 6.45) is -0.444. The Morgan fingerprint density at radius 2 is 1.62 bits per heavy atom. The van der Waals surface area contributed by atoms with Crippen molar-refractivity contribution in [1.82, 2.24) is 0 Å². The summed E-state index contributed by atoms with van der Waals surface area (Å²) in [5.74, 6) is -2.48. The van der Waals surface area contributed by atoms with E-state index in [0.29, 0.717) is 0 Å². The molecule has 0 saturated carbocycles. The lowest BCUT2D eigenvalue weighted by Crippen LogP contribution is -2.36. The molecule has 1 atom stereocenters. The number of alkyl halides is 3. The lowest BCUT2D eigenvalue weighted by molar-refractivity contribution is -0.158. The van der Waals surface area contributed by atoms with Crippen LogP contribution in [0.15, 0.2) is 0 Å². The maximum absolute atomic E-state index is 10.6. The number of halogens is 3. The minimum atomic E-state index is -1.52. The van der Waals surface area contributed by atoms with Crippen LogP contribution in [0.2, 0.25) is 0 Å². The molecule has 0 saturated heterocycles. The Bertz CT molecular complexity index is 225. The van der Waals surface area contributed by atoms with Crippen molar-refractivity contribution in [3.63, 3.8) is 0 Å². The molecule has 0 aliphatic rings. The molecule has 0 aromatic heterocycles. The maximum atomic E-state index is 10.6. The van der Waals surface area contributed by atoms with Gasteiger partial charge in [0.1, 0.15) is 5.41 Å². The summed E-state index contributed by atoms with van der Waals surface area (Å²) in [4.78, 5) is 20.9. The summed E-state index contributed by atoms with van der Waals surface area (Å²) < 4.78 is -0.750. The van der Waals surface area contributed by atoms with Crippen molar-refractivity contribution in [2.45, 2.75) is 24.1 Å². The minimum Gasteiger partial charge on any atom is -0.481 e. The van der Waals surface area contributed by atoms with Crippen molar-refractivity contribution in [1.29, 1.82) is 0 Å². The lowest BCUT2D eigenvalue weighted by Gasteiger charge is -2.22. The largest absolute Gasteiger partial charge is 0.481 e. The predicted octanol–water partition coefficient (Wildman–Crippen LogP) is 1.92. The van der Waals surface area contributed by atoms with E-state index in [2.05, 4.69) is 0 Å². The first-order valence-electron chi connectivity index (χ1n) is 4.20. The maximum Gasteiger partial charge on any atom is 0.312 e. The molecule has 3 N–H and O–H groups in total. The number of carbonyl (C=O) groups is 2. The average Bonchev–Trinajstić information content (AvgIpc) is 2.12. The quantitative estimate of drug-likeness (QED) is 0.674. The Kier molecular flexibility index (Phi) is 10.1. The SMILES string of the molecule is CCC(CO)(CC(=O)O)C(=O)O.ClC(Cl)Cl. The van der Waals surface area contributed by atoms with Crippen molar-refractivity contribution < 1.29 is 24.9 Å². The highest BCUT2D eigenvalue weighted by atomic mass is 35.6. The van der Waals surface area contributed by atoms with E-state index in [1.54, 1.807) is 0 Å². The highest BCUT2D eigenvalue weighted by Gasteiger charge is 2.38. The van der Waals surface area contributed by atoms with Crippen molar-refractivity contribution in [3.05, 3.63) is 0 Å². The van der Waals surface area contributed by atoms with E-state index in [9.17, 15) is 9.59 Å². The molecule has 5 nitrogen and oxygen atoms in total. The van der Waals surface area contributed by atoms with Crippen LogP contribution in [0.5, 0.6) is 0 Å². The van der Waals surface area contributed by atoms with Gasteiger partial charge in [-0.25, -0.2) is 0 Å². The van der Waals surface area contributed by atoms with Gasteiger partial charge in [0.2, 0.25) is 0 Å². The third-order valence-corrected chi connectivity index (χ3v) is 1.92. The molecular weight excluding hydrogens is 282 g/mol. The van der Waals surface area contributed by atoms with E-state index in [-0.39, 0.29) is 6.42 Å². The molecule has 8 heteroatoms. The van der Waals surface area contributed by atoms with E-state index in [1.807, 2.05) is 0 Å². The number of rotatable bonds is 5. The number of carboxylic acids is 2. The molecule has 0 amide bonds. The van der Waals surface area contributed by atoms with Gasteiger partial charge in [-0.3, -0.25) is 9.59 Å². The Balaban J connectivity index is 0. The first kappa shape index (κ1) is 18.1. The van der Waals surface area contributed by atoms with Gasteiger partial charge in [0, 0.05) is 0 Å². The van der Waals surface area contributed by atoms with Crippen LogP contribution >= 0.6 is 34.8 Å². The molecule has 0 rings (SSSR count). The Morgan fingerprint density at radius 3 is 1.69 bits per heavy atom. The van der Waals surface area contributed by atoms with Gasteiger partial charge in [0.05, 0.1) is 13.0 Å². The van der Waals surface area contributed by atoms with Crippen molar-refractivity contribution in [3.8, 4) is 0 Å². The highest BCUT2D eigenvalue weighted by Crippen LogP contribution is 2.25. The summed E-state index contributed by atoms with van der Waals surface area (Å²) in [5, 5.41) is 25.8. The predicted molar refractivity (Wildman–Crippen MR) is 61.0 cm³/mol. The zero-order chi connectivity index (χ0) is 13.4. The van der Waals surface area contributed by atoms with E-state index < -0.39 is 34.7 Å². The molecule has 0 fully saturated rings. The first-order valence-corrected chi connectivity index (χ1v) is 5.51. The van der Waals surface area contributed by atoms with Crippen LogP contribution in [-0.2, 0) is 9.59 Å². The normalized spacial score (nSPS) is 13.6. The van der Waals surface area contributed by atoms with Crippen LogP contribution in [0.3, 0.4) is 0 Å². The second-order valence-electron chi connectivity index (χ2n) is 2.92. The van der Waals surface area contributed by atoms with Gasteiger partial charge in [-0.2, -0.15) is 0 Å². The van der Waals surface area contributed by atoms with Crippen LogP contribution in [0.4, 0.5) is 0 Å². The summed E-state index contributed by atoms with van der Waals surface area (Å²) in [6.45, 7) is 0.887. The smallest absolute Gasteiger partial charge is 0.312 e. The number of hydrogen-bond acceptors (Lipinski definition) is 3. The van der Waals surface area contributed by atoms with Gasteiger partial charge in [-0.15, -0.1) is 0 Å². The number of aliphatic hydroxyl groups excluding tert-OH is 1. The Labute approximate surface area is 108 Å². The zero-order valence-corrected chi connectivity index (χ0v) is 10.8. The summed E-state index contributed by atoms with van der Waals surface area (Å²) in [7, 11) is 0. The summed E-state index contributed by atoms with van der Waals surface area (Å²) in [6, 6.07) is 0. The van der Waals surface area contributed by atoms with Gasteiger partial charge in [-0.05, 0) is 6.42 Å². The number of aliphatic hydroxyl groups is 1. The van der Waals surface area contributed by atoms with E-state index in [4.69, 9.17) is 50.1 Å². The van der Waals surface area contributed by atoms with Gasteiger partial charge in [0.25, 0.3) is 0 Å². The van der Waals surface area contributed by atoms with Crippen LogP contribution in [0.1, 0.15) is 19.8 Å². The molecule has 96 valence electrons. The molecular formula is C8H13Cl3O5. The number of hydrogen-bond donors (Lipinski definition) is 3. The first-order chi connectivity index (χ1) is 7.21. The van der Waals surface area contributed by atoms with Gasteiger partial charge in [0.15, 0.2) is 4.30 Å². The van der Waals surface area contributed by atoms with Crippen LogP contribution in [-0.4, -0.2) is 38.2 Å². The average molecular weight is 296 g/mol. The Hall–Kier alpha value is -0.230. The minimum absolute atomic E-state index is 0.102. The summed E-state index contributed by atoms with van der Waals surface area (Å²) >= 11 is 14.4. The van der Waals surface area contributed by atoms with Crippen molar-refractivity contribution in [2.24, 2.45) is 5.41 Å². The highest BCUT2D eigenvalue weighted by molar-refractivity contribution is 6.63. The topological polar surface area (TPSA) is 94.8 Å². The molecule has 0 aliphatic carbocycles. The standard InChI is InChI=1S/C7H12O5.CHCl3/c1-2-7(4-8,6(11)12)3-5(9)10;2-1(3)4/h8H,2-4H2,1H3,(H,9,10)(H,11,12);1H. The third kappa shape index (κ3) is 7.98.